The van der Waals surface area contributed by atoms with Crippen LogP contribution in [0.1, 0.15) is 65.3 Å². The zero-order valence-corrected chi connectivity index (χ0v) is 16.4. The van der Waals surface area contributed by atoms with E-state index in [1.54, 1.807) is 22.9 Å². The Bertz CT molecular complexity index is 853. The SMILES string of the molecule is CCCC(=O)NC1CCC(Nc2ncc3ccc(=O)n(C(C)C)c3n2)CC1. The highest BCUT2D eigenvalue weighted by Gasteiger charge is 2.23. The summed E-state index contributed by atoms with van der Waals surface area (Å²) < 4.78 is 1.70. The molecule has 0 aromatic carbocycles. The van der Waals surface area contributed by atoms with E-state index in [1.807, 2.05) is 20.8 Å². The van der Waals surface area contributed by atoms with Crippen molar-refractivity contribution in [1.29, 1.82) is 0 Å². The normalized spacial score (nSPS) is 20.0. The van der Waals surface area contributed by atoms with Crippen molar-refractivity contribution < 1.29 is 4.79 Å². The Hall–Kier alpha value is -2.44. The van der Waals surface area contributed by atoms with E-state index < -0.39 is 0 Å². The maximum absolute atomic E-state index is 12.2. The Morgan fingerprint density at radius 2 is 1.93 bits per heavy atom. The molecule has 3 rings (SSSR count). The second-order valence-electron chi connectivity index (χ2n) is 7.62. The van der Waals surface area contributed by atoms with E-state index in [9.17, 15) is 9.59 Å². The summed E-state index contributed by atoms with van der Waals surface area (Å²) in [4.78, 5) is 33.0. The quantitative estimate of drug-likeness (QED) is 0.815. The summed E-state index contributed by atoms with van der Waals surface area (Å²) in [7, 11) is 0. The lowest BCUT2D eigenvalue weighted by molar-refractivity contribution is -0.122. The molecule has 7 heteroatoms. The van der Waals surface area contributed by atoms with Crippen LogP contribution in [0.25, 0.3) is 11.0 Å². The van der Waals surface area contributed by atoms with Crippen molar-refractivity contribution in [3.05, 3.63) is 28.7 Å². The third-order valence-electron chi connectivity index (χ3n) is 5.09. The first-order chi connectivity index (χ1) is 13.0. The van der Waals surface area contributed by atoms with E-state index in [-0.39, 0.29) is 29.6 Å². The molecule has 146 valence electrons. The van der Waals surface area contributed by atoms with E-state index in [4.69, 9.17) is 0 Å². The highest BCUT2D eigenvalue weighted by Crippen LogP contribution is 2.22. The Kier molecular flexibility index (Phi) is 6.08. The molecule has 0 spiro atoms. The molecule has 1 saturated carbocycles. The number of hydrogen-bond donors (Lipinski definition) is 2. The standard InChI is InChI=1S/C20H29N5O2/c1-4-5-17(26)22-15-7-9-16(10-8-15)23-20-21-12-14-6-11-18(27)25(13(2)3)19(14)24-20/h6,11-13,15-16H,4-5,7-10H2,1-3H3,(H,22,26)(H,21,23,24). The molecule has 2 N–H and O–H groups in total. The Morgan fingerprint density at radius 1 is 1.22 bits per heavy atom. The van der Waals surface area contributed by atoms with Crippen molar-refractivity contribution in [2.45, 2.75) is 77.4 Å². The number of pyridine rings is 1. The van der Waals surface area contributed by atoms with E-state index in [0.717, 1.165) is 37.5 Å². The molecule has 0 radical (unpaired) electrons. The third kappa shape index (κ3) is 4.64. The fourth-order valence-corrected chi connectivity index (χ4v) is 3.70. The number of fused-ring (bicyclic) bond motifs is 1. The molecule has 2 aromatic rings. The summed E-state index contributed by atoms with van der Waals surface area (Å²) in [5.41, 5.74) is 0.612. The van der Waals surface area contributed by atoms with E-state index >= 15 is 0 Å². The number of rotatable bonds is 6. The number of carbonyl (C=O) groups is 1. The number of hydrogen-bond acceptors (Lipinski definition) is 5. The maximum Gasteiger partial charge on any atom is 0.252 e. The predicted octanol–water partition coefficient (Wildman–Crippen LogP) is 3.01. The maximum atomic E-state index is 12.2. The summed E-state index contributed by atoms with van der Waals surface area (Å²) in [5, 5.41) is 7.38. The molecular weight excluding hydrogens is 342 g/mol. The number of carbonyl (C=O) groups excluding carboxylic acids is 1. The van der Waals surface area contributed by atoms with Gasteiger partial charge in [-0.3, -0.25) is 14.2 Å². The molecule has 0 unspecified atom stereocenters. The molecule has 0 atom stereocenters. The molecule has 2 heterocycles. The first kappa shape index (κ1) is 19.3. The van der Waals surface area contributed by atoms with Gasteiger partial charge in [-0.05, 0) is 52.0 Å². The van der Waals surface area contributed by atoms with Crippen molar-refractivity contribution in [2.75, 3.05) is 5.32 Å². The molecule has 1 amide bonds. The zero-order chi connectivity index (χ0) is 19.4. The largest absolute Gasteiger partial charge is 0.353 e. The average Bonchev–Trinajstić information content (AvgIpc) is 2.63. The average molecular weight is 371 g/mol. The minimum atomic E-state index is -0.0505. The van der Waals surface area contributed by atoms with Crippen LogP contribution >= 0.6 is 0 Å². The van der Waals surface area contributed by atoms with Gasteiger partial charge in [0.2, 0.25) is 11.9 Å². The summed E-state index contributed by atoms with van der Waals surface area (Å²) in [6, 6.07) is 3.92. The highest BCUT2D eigenvalue weighted by molar-refractivity contribution is 5.76. The van der Waals surface area contributed by atoms with E-state index in [1.165, 1.54) is 0 Å². The second-order valence-corrected chi connectivity index (χ2v) is 7.62. The summed E-state index contributed by atoms with van der Waals surface area (Å²) >= 11 is 0. The molecule has 1 aliphatic rings. The summed E-state index contributed by atoms with van der Waals surface area (Å²) in [5.74, 6) is 0.708. The number of nitrogens with zero attached hydrogens (tertiary/aromatic N) is 3. The van der Waals surface area contributed by atoms with E-state index in [2.05, 4.69) is 20.6 Å². The van der Waals surface area contributed by atoms with Gasteiger partial charge >= 0.3 is 0 Å². The fourth-order valence-electron chi connectivity index (χ4n) is 3.70. The molecular formula is C20H29N5O2. The van der Waals surface area contributed by atoms with Crippen LogP contribution in [0.15, 0.2) is 23.1 Å². The van der Waals surface area contributed by atoms with Gasteiger partial charge in [0.1, 0.15) is 5.65 Å². The molecule has 7 nitrogen and oxygen atoms in total. The first-order valence-corrected chi connectivity index (χ1v) is 9.92. The van der Waals surface area contributed by atoms with E-state index in [0.29, 0.717) is 18.0 Å². The van der Waals surface area contributed by atoms with Crippen LogP contribution in [0.4, 0.5) is 5.95 Å². The van der Waals surface area contributed by atoms with Gasteiger partial charge in [-0.1, -0.05) is 6.92 Å². The number of nitrogens with one attached hydrogen (secondary N) is 2. The molecule has 1 aliphatic carbocycles. The van der Waals surface area contributed by atoms with Crippen molar-refractivity contribution in [3.8, 4) is 0 Å². The first-order valence-electron chi connectivity index (χ1n) is 9.92. The lowest BCUT2D eigenvalue weighted by atomic mass is 9.91. The van der Waals surface area contributed by atoms with Crippen molar-refractivity contribution in [2.24, 2.45) is 0 Å². The minimum Gasteiger partial charge on any atom is -0.353 e. The van der Waals surface area contributed by atoms with Gasteiger partial charge in [0, 0.05) is 42.2 Å². The van der Waals surface area contributed by atoms with Gasteiger partial charge in [0.25, 0.3) is 5.56 Å². The third-order valence-corrected chi connectivity index (χ3v) is 5.09. The van der Waals surface area contributed by atoms with Crippen LogP contribution in [0.5, 0.6) is 0 Å². The number of anilines is 1. The van der Waals surface area contributed by atoms with Gasteiger partial charge in [0.05, 0.1) is 0 Å². The second kappa shape index (κ2) is 8.50. The molecule has 0 bridgehead atoms. The summed E-state index contributed by atoms with van der Waals surface area (Å²) in [6.45, 7) is 5.97. The highest BCUT2D eigenvalue weighted by atomic mass is 16.1. The van der Waals surface area contributed by atoms with Crippen molar-refractivity contribution in [3.63, 3.8) is 0 Å². The Morgan fingerprint density at radius 3 is 2.59 bits per heavy atom. The fraction of sp³-hybridized carbons (Fsp3) is 0.600. The Balaban J connectivity index is 1.67. The van der Waals surface area contributed by atoms with Crippen LogP contribution in [0.2, 0.25) is 0 Å². The molecule has 27 heavy (non-hydrogen) atoms. The predicted molar refractivity (Wildman–Crippen MR) is 107 cm³/mol. The smallest absolute Gasteiger partial charge is 0.252 e. The zero-order valence-electron chi connectivity index (χ0n) is 16.4. The molecule has 0 saturated heterocycles. The molecule has 2 aromatic heterocycles. The minimum absolute atomic E-state index is 0.0334. The van der Waals surface area contributed by atoms with Gasteiger partial charge in [-0.25, -0.2) is 4.98 Å². The lowest BCUT2D eigenvalue weighted by Crippen LogP contribution is -2.40. The van der Waals surface area contributed by atoms with Gasteiger partial charge in [-0.15, -0.1) is 0 Å². The molecule has 1 fully saturated rings. The lowest BCUT2D eigenvalue weighted by Gasteiger charge is -2.29. The monoisotopic (exact) mass is 371 g/mol. The van der Waals surface area contributed by atoms with Crippen LogP contribution in [0, 0.1) is 0 Å². The van der Waals surface area contributed by atoms with Gasteiger partial charge in [-0.2, -0.15) is 4.98 Å². The van der Waals surface area contributed by atoms with Crippen molar-refractivity contribution in [1.82, 2.24) is 19.9 Å². The van der Waals surface area contributed by atoms with Crippen molar-refractivity contribution >= 4 is 22.9 Å². The van der Waals surface area contributed by atoms with Crippen LogP contribution in [0.3, 0.4) is 0 Å². The van der Waals surface area contributed by atoms with Crippen LogP contribution < -0.4 is 16.2 Å². The number of amides is 1. The van der Waals surface area contributed by atoms with Crippen LogP contribution in [-0.2, 0) is 4.79 Å². The number of aromatic nitrogens is 3. The Labute approximate surface area is 159 Å². The van der Waals surface area contributed by atoms with Crippen LogP contribution in [-0.4, -0.2) is 32.5 Å². The van der Waals surface area contributed by atoms with Gasteiger partial charge in [0.15, 0.2) is 0 Å². The molecule has 0 aliphatic heterocycles. The van der Waals surface area contributed by atoms with Gasteiger partial charge < -0.3 is 10.6 Å². The topological polar surface area (TPSA) is 88.9 Å². The summed E-state index contributed by atoms with van der Waals surface area (Å²) in [6.07, 6.45) is 7.08.